The molecule has 0 aliphatic carbocycles. The molecular formula is C12H16Cl2N2. The minimum absolute atomic E-state index is 0.0202. The molecule has 2 nitrogen and oxygen atoms in total. The number of benzene rings is 1. The van der Waals surface area contributed by atoms with Gasteiger partial charge in [0.15, 0.2) is 0 Å². The smallest absolute Gasteiger partial charge is 0.0468 e. The highest BCUT2D eigenvalue weighted by atomic mass is 35.5. The van der Waals surface area contributed by atoms with Crippen molar-refractivity contribution in [2.24, 2.45) is 11.7 Å². The Morgan fingerprint density at radius 2 is 1.94 bits per heavy atom. The van der Waals surface area contributed by atoms with E-state index >= 15 is 0 Å². The third-order valence-corrected chi connectivity index (χ3v) is 3.78. The van der Waals surface area contributed by atoms with Crippen LogP contribution in [0.3, 0.4) is 0 Å². The molecule has 0 amide bonds. The minimum Gasteiger partial charge on any atom is -0.324 e. The van der Waals surface area contributed by atoms with Gasteiger partial charge in [-0.3, -0.25) is 0 Å². The van der Waals surface area contributed by atoms with E-state index in [9.17, 15) is 0 Å². The van der Waals surface area contributed by atoms with Crippen LogP contribution in [-0.2, 0) is 0 Å². The molecule has 0 aromatic heterocycles. The van der Waals surface area contributed by atoms with E-state index in [1.165, 1.54) is 0 Å². The van der Waals surface area contributed by atoms with E-state index in [4.69, 9.17) is 28.9 Å². The van der Waals surface area contributed by atoms with Gasteiger partial charge in [0.25, 0.3) is 0 Å². The molecule has 1 atom stereocenters. The van der Waals surface area contributed by atoms with E-state index in [1.54, 1.807) is 6.07 Å². The molecule has 1 aromatic rings. The van der Waals surface area contributed by atoms with Crippen LogP contribution in [0.15, 0.2) is 18.2 Å². The maximum atomic E-state index is 6.27. The molecule has 1 aliphatic rings. The third-order valence-electron chi connectivity index (χ3n) is 3.21. The fourth-order valence-corrected chi connectivity index (χ4v) is 2.76. The van der Waals surface area contributed by atoms with E-state index in [0.29, 0.717) is 16.0 Å². The van der Waals surface area contributed by atoms with Gasteiger partial charge < -0.3 is 11.1 Å². The zero-order valence-electron chi connectivity index (χ0n) is 9.05. The summed E-state index contributed by atoms with van der Waals surface area (Å²) in [6.45, 7) is 2.09. The van der Waals surface area contributed by atoms with Gasteiger partial charge >= 0.3 is 0 Å². The Labute approximate surface area is 106 Å². The third kappa shape index (κ3) is 2.69. The van der Waals surface area contributed by atoms with Gasteiger partial charge in [0.05, 0.1) is 0 Å². The lowest BCUT2D eigenvalue weighted by atomic mass is 9.86. The topological polar surface area (TPSA) is 38.0 Å². The molecule has 1 aliphatic heterocycles. The van der Waals surface area contributed by atoms with Crippen molar-refractivity contribution in [3.63, 3.8) is 0 Å². The van der Waals surface area contributed by atoms with Crippen molar-refractivity contribution in [3.8, 4) is 0 Å². The number of nitrogens with one attached hydrogen (secondary N) is 1. The first-order valence-corrected chi connectivity index (χ1v) is 6.35. The van der Waals surface area contributed by atoms with E-state index in [2.05, 4.69) is 5.32 Å². The Bertz CT molecular complexity index is 362. The molecule has 1 saturated heterocycles. The van der Waals surface area contributed by atoms with Crippen LogP contribution in [0, 0.1) is 5.92 Å². The zero-order chi connectivity index (χ0) is 11.5. The highest BCUT2D eigenvalue weighted by Crippen LogP contribution is 2.32. The first kappa shape index (κ1) is 12.2. The van der Waals surface area contributed by atoms with Crippen molar-refractivity contribution >= 4 is 23.2 Å². The van der Waals surface area contributed by atoms with E-state index < -0.39 is 0 Å². The van der Waals surface area contributed by atoms with Gasteiger partial charge in [0.2, 0.25) is 0 Å². The lowest BCUT2D eigenvalue weighted by molar-refractivity contribution is 0.322. The van der Waals surface area contributed by atoms with Gasteiger partial charge in [-0.25, -0.2) is 0 Å². The standard InChI is InChI=1S/C12H16Cl2N2/c13-9-1-2-10(11(14)7-9)12(15)8-3-5-16-6-4-8/h1-2,7-8,12,16H,3-6,15H2/t12-/m1/s1. The second kappa shape index (κ2) is 5.37. The number of halogens is 2. The molecular weight excluding hydrogens is 243 g/mol. The van der Waals surface area contributed by atoms with Crippen LogP contribution in [0.1, 0.15) is 24.4 Å². The number of hydrogen-bond acceptors (Lipinski definition) is 2. The first-order chi connectivity index (χ1) is 7.68. The second-order valence-corrected chi connectivity index (χ2v) is 5.12. The fourth-order valence-electron chi connectivity index (χ4n) is 2.23. The maximum Gasteiger partial charge on any atom is 0.0468 e. The molecule has 16 heavy (non-hydrogen) atoms. The van der Waals surface area contributed by atoms with Gasteiger partial charge in [-0.2, -0.15) is 0 Å². The first-order valence-electron chi connectivity index (χ1n) is 5.59. The van der Waals surface area contributed by atoms with Gasteiger partial charge in [0.1, 0.15) is 0 Å². The molecule has 0 spiro atoms. The van der Waals surface area contributed by atoms with Crippen LogP contribution in [-0.4, -0.2) is 13.1 Å². The Morgan fingerprint density at radius 3 is 2.56 bits per heavy atom. The van der Waals surface area contributed by atoms with E-state index in [-0.39, 0.29) is 6.04 Å². The summed E-state index contributed by atoms with van der Waals surface area (Å²) in [5.74, 6) is 0.514. The van der Waals surface area contributed by atoms with Crippen LogP contribution >= 0.6 is 23.2 Å². The Kier molecular flexibility index (Phi) is 4.09. The van der Waals surface area contributed by atoms with E-state index in [1.807, 2.05) is 12.1 Å². The summed E-state index contributed by atoms with van der Waals surface area (Å²) in [5.41, 5.74) is 7.28. The SMILES string of the molecule is N[C@@H](c1ccc(Cl)cc1Cl)C1CCNCC1. The number of piperidine rings is 1. The fraction of sp³-hybridized carbons (Fsp3) is 0.500. The second-order valence-electron chi connectivity index (χ2n) is 4.28. The van der Waals surface area contributed by atoms with Crippen molar-refractivity contribution in [3.05, 3.63) is 33.8 Å². The highest BCUT2D eigenvalue weighted by molar-refractivity contribution is 6.35. The summed E-state index contributed by atoms with van der Waals surface area (Å²) in [6, 6.07) is 5.58. The quantitative estimate of drug-likeness (QED) is 0.856. The Balaban J connectivity index is 2.15. The lowest BCUT2D eigenvalue weighted by Crippen LogP contribution is -2.33. The molecule has 1 heterocycles. The van der Waals surface area contributed by atoms with Gasteiger partial charge in [-0.05, 0) is 49.5 Å². The molecule has 88 valence electrons. The van der Waals surface area contributed by atoms with Crippen molar-refractivity contribution in [2.75, 3.05) is 13.1 Å². The Hall–Kier alpha value is -0.280. The molecule has 4 heteroatoms. The molecule has 0 bridgehead atoms. The summed E-state index contributed by atoms with van der Waals surface area (Å²) >= 11 is 12.0. The van der Waals surface area contributed by atoms with Gasteiger partial charge in [-0.15, -0.1) is 0 Å². The molecule has 1 fully saturated rings. The summed E-state index contributed by atoms with van der Waals surface area (Å²) in [4.78, 5) is 0. The highest BCUT2D eigenvalue weighted by Gasteiger charge is 2.23. The average molecular weight is 259 g/mol. The predicted octanol–water partition coefficient (Wildman–Crippen LogP) is 2.99. The Morgan fingerprint density at radius 1 is 1.25 bits per heavy atom. The number of nitrogens with two attached hydrogens (primary N) is 1. The summed E-state index contributed by atoms with van der Waals surface area (Å²) in [5, 5.41) is 4.67. The van der Waals surface area contributed by atoms with Crippen LogP contribution < -0.4 is 11.1 Å². The molecule has 0 saturated carbocycles. The van der Waals surface area contributed by atoms with Crippen molar-refractivity contribution in [1.82, 2.24) is 5.32 Å². The molecule has 2 rings (SSSR count). The van der Waals surface area contributed by atoms with Crippen LogP contribution in [0.5, 0.6) is 0 Å². The number of rotatable bonds is 2. The monoisotopic (exact) mass is 258 g/mol. The normalized spacial score (nSPS) is 19.7. The number of hydrogen-bond donors (Lipinski definition) is 2. The van der Waals surface area contributed by atoms with Crippen LogP contribution in [0.4, 0.5) is 0 Å². The zero-order valence-corrected chi connectivity index (χ0v) is 10.6. The maximum absolute atomic E-state index is 6.27. The molecule has 1 aromatic carbocycles. The van der Waals surface area contributed by atoms with Crippen molar-refractivity contribution in [2.45, 2.75) is 18.9 Å². The molecule has 3 N–H and O–H groups in total. The van der Waals surface area contributed by atoms with Crippen molar-refractivity contribution in [1.29, 1.82) is 0 Å². The summed E-state index contributed by atoms with van der Waals surface area (Å²) in [6.07, 6.45) is 2.22. The molecule has 0 unspecified atom stereocenters. The van der Waals surface area contributed by atoms with Crippen LogP contribution in [0.25, 0.3) is 0 Å². The van der Waals surface area contributed by atoms with Gasteiger partial charge in [-0.1, -0.05) is 29.3 Å². The molecule has 0 radical (unpaired) electrons. The van der Waals surface area contributed by atoms with Crippen molar-refractivity contribution < 1.29 is 0 Å². The average Bonchev–Trinajstić information content (AvgIpc) is 2.29. The lowest BCUT2D eigenvalue weighted by Gasteiger charge is -2.28. The summed E-state index contributed by atoms with van der Waals surface area (Å²) in [7, 11) is 0. The predicted molar refractivity (Wildman–Crippen MR) is 69.0 cm³/mol. The van der Waals surface area contributed by atoms with E-state index in [0.717, 1.165) is 31.5 Å². The van der Waals surface area contributed by atoms with Crippen LogP contribution in [0.2, 0.25) is 10.0 Å². The van der Waals surface area contributed by atoms with Gasteiger partial charge in [0, 0.05) is 16.1 Å². The largest absolute Gasteiger partial charge is 0.324 e. The summed E-state index contributed by atoms with van der Waals surface area (Å²) < 4.78 is 0. The minimum atomic E-state index is 0.0202.